The molecule has 1 N–H and O–H groups in total. The number of aromatic amines is 1. The summed E-state index contributed by atoms with van der Waals surface area (Å²) in [6.07, 6.45) is 3.55. The van der Waals surface area contributed by atoms with E-state index in [-0.39, 0.29) is 17.6 Å². The van der Waals surface area contributed by atoms with Gasteiger partial charge in [-0.2, -0.15) is 5.10 Å². The van der Waals surface area contributed by atoms with Gasteiger partial charge >= 0.3 is 6.09 Å². The van der Waals surface area contributed by atoms with Gasteiger partial charge in [0.15, 0.2) is 0 Å². The van der Waals surface area contributed by atoms with Crippen LogP contribution in [0.15, 0.2) is 12.3 Å². The molecular weight excluding hydrogens is 270 g/mol. The Morgan fingerprint density at radius 3 is 2.62 bits per heavy atom. The number of epoxide rings is 1. The second-order valence-corrected chi connectivity index (χ2v) is 6.92. The molecule has 0 aliphatic carbocycles. The van der Waals surface area contributed by atoms with Crippen molar-refractivity contribution >= 4 is 6.09 Å². The minimum Gasteiger partial charge on any atom is -0.444 e. The molecule has 6 heteroatoms. The fraction of sp³-hybridized carbons (Fsp3) is 0.733. The van der Waals surface area contributed by atoms with Gasteiger partial charge in [0.2, 0.25) is 0 Å². The summed E-state index contributed by atoms with van der Waals surface area (Å²) in [5, 5.41) is 7.16. The quantitative estimate of drug-likeness (QED) is 0.847. The molecule has 2 aliphatic heterocycles. The van der Waals surface area contributed by atoms with Crippen LogP contribution in [0.1, 0.15) is 39.3 Å². The SMILES string of the molecule is CC(C)(C)OC(=O)N1CCC(c2ccn[nH]2)(C2CO2)CC1. The zero-order valence-electron chi connectivity index (χ0n) is 12.9. The van der Waals surface area contributed by atoms with E-state index < -0.39 is 5.60 Å². The number of likely N-dealkylation sites (tertiary alicyclic amines) is 1. The molecule has 0 saturated carbocycles. The molecule has 6 nitrogen and oxygen atoms in total. The summed E-state index contributed by atoms with van der Waals surface area (Å²) in [5.74, 6) is 0. The molecule has 0 aromatic carbocycles. The zero-order valence-corrected chi connectivity index (χ0v) is 12.9. The first-order valence-corrected chi connectivity index (χ1v) is 7.50. The van der Waals surface area contributed by atoms with Crippen LogP contribution in [0, 0.1) is 0 Å². The van der Waals surface area contributed by atoms with Crippen LogP contribution in [0.2, 0.25) is 0 Å². The van der Waals surface area contributed by atoms with Crippen molar-refractivity contribution in [2.24, 2.45) is 0 Å². The lowest BCUT2D eigenvalue weighted by atomic mass is 9.73. The van der Waals surface area contributed by atoms with Gasteiger partial charge in [0.05, 0.1) is 12.7 Å². The van der Waals surface area contributed by atoms with Gasteiger partial charge in [-0.1, -0.05) is 0 Å². The number of hydrogen-bond acceptors (Lipinski definition) is 4. The van der Waals surface area contributed by atoms with E-state index in [0.717, 1.165) is 25.1 Å². The van der Waals surface area contributed by atoms with E-state index in [2.05, 4.69) is 10.2 Å². The number of amides is 1. The van der Waals surface area contributed by atoms with E-state index in [1.165, 1.54) is 0 Å². The Morgan fingerprint density at radius 2 is 2.14 bits per heavy atom. The Balaban J connectivity index is 1.67. The van der Waals surface area contributed by atoms with Crippen LogP contribution >= 0.6 is 0 Å². The number of nitrogens with zero attached hydrogens (tertiary/aromatic N) is 2. The summed E-state index contributed by atoms with van der Waals surface area (Å²) in [7, 11) is 0. The maximum absolute atomic E-state index is 12.1. The predicted molar refractivity (Wildman–Crippen MR) is 77.0 cm³/mol. The van der Waals surface area contributed by atoms with E-state index in [4.69, 9.17) is 9.47 Å². The number of H-pyrrole nitrogens is 1. The second kappa shape index (κ2) is 5.02. The van der Waals surface area contributed by atoms with Crippen molar-refractivity contribution in [1.29, 1.82) is 0 Å². The molecule has 0 radical (unpaired) electrons. The molecule has 0 bridgehead atoms. The second-order valence-electron chi connectivity index (χ2n) is 6.92. The summed E-state index contributed by atoms with van der Waals surface area (Å²) in [4.78, 5) is 13.9. The molecule has 2 fully saturated rings. The van der Waals surface area contributed by atoms with E-state index in [1.807, 2.05) is 26.8 Å². The molecule has 116 valence electrons. The van der Waals surface area contributed by atoms with E-state index in [1.54, 1.807) is 11.1 Å². The normalized spacial score (nSPS) is 24.7. The van der Waals surface area contributed by atoms with Crippen LogP contribution in [0.25, 0.3) is 0 Å². The van der Waals surface area contributed by atoms with Crippen LogP contribution in [0.3, 0.4) is 0 Å². The molecule has 21 heavy (non-hydrogen) atoms. The summed E-state index contributed by atoms with van der Waals surface area (Å²) < 4.78 is 11.0. The smallest absolute Gasteiger partial charge is 0.410 e. The van der Waals surface area contributed by atoms with Gasteiger partial charge < -0.3 is 14.4 Å². The fourth-order valence-electron chi connectivity index (χ4n) is 3.08. The Morgan fingerprint density at radius 1 is 1.48 bits per heavy atom. The lowest BCUT2D eigenvalue weighted by molar-refractivity contribution is 0.0143. The van der Waals surface area contributed by atoms with Crippen LogP contribution < -0.4 is 0 Å². The van der Waals surface area contributed by atoms with Crippen molar-refractivity contribution in [3.05, 3.63) is 18.0 Å². The largest absolute Gasteiger partial charge is 0.444 e. The molecular formula is C15H23N3O3. The van der Waals surface area contributed by atoms with E-state index in [0.29, 0.717) is 13.1 Å². The monoisotopic (exact) mass is 293 g/mol. The highest BCUT2D eigenvalue weighted by Gasteiger charge is 2.51. The van der Waals surface area contributed by atoms with Gasteiger partial charge in [0.25, 0.3) is 0 Å². The van der Waals surface area contributed by atoms with Gasteiger partial charge in [0, 0.05) is 30.4 Å². The maximum atomic E-state index is 12.1. The number of carbonyl (C=O) groups is 1. The molecule has 0 spiro atoms. The first kappa shape index (κ1) is 14.4. The third kappa shape index (κ3) is 2.90. The Hall–Kier alpha value is -1.56. The third-order valence-electron chi connectivity index (χ3n) is 4.29. The highest BCUT2D eigenvalue weighted by molar-refractivity contribution is 5.68. The molecule has 1 aromatic rings. The zero-order chi connectivity index (χ0) is 15.1. The van der Waals surface area contributed by atoms with Crippen molar-refractivity contribution < 1.29 is 14.3 Å². The highest BCUT2D eigenvalue weighted by Crippen LogP contribution is 2.44. The van der Waals surface area contributed by atoms with Gasteiger partial charge in [-0.3, -0.25) is 5.10 Å². The van der Waals surface area contributed by atoms with Crippen molar-refractivity contribution in [3.8, 4) is 0 Å². The molecule has 2 aliphatic rings. The number of ether oxygens (including phenoxy) is 2. The van der Waals surface area contributed by atoms with E-state index >= 15 is 0 Å². The molecule has 3 rings (SSSR count). The predicted octanol–water partition coefficient (Wildman–Crippen LogP) is 2.08. The standard InChI is InChI=1S/C15H23N3O3/c1-14(2,3)21-13(19)18-8-5-15(6-9-18,12-10-20-12)11-4-7-16-17-11/h4,7,12H,5-6,8-10H2,1-3H3,(H,16,17). The van der Waals surface area contributed by atoms with Gasteiger partial charge in [-0.05, 0) is 39.7 Å². The highest BCUT2D eigenvalue weighted by atomic mass is 16.6. The lowest BCUT2D eigenvalue weighted by Crippen LogP contribution is -2.49. The Labute approximate surface area is 124 Å². The van der Waals surface area contributed by atoms with Crippen molar-refractivity contribution in [1.82, 2.24) is 15.1 Å². The third-order valence-corrected chi connectivity index (χ3v) is 4.29. The Kier molecular flexibility index (Phi) is 3.43. The van der Waals surface area contributed by atoms with Gasteiger partial charge in [-0.25, -0.2) is 4.79 Å². The molecule has 2 saturated heterocycles. The van der Waals surface area contributed by atoms with Crippen LogP contribution in [-0.4, -0.2) is 52.6 Å². The van der Waals surface area contributed by atoms with Crippen LogP contribution in [-0.2, 0) is 14.9 Å². The molecule has 1 atom stereocenters. The number of piperidine rings is 1. The first-order chi connectivity index (χ1) is 9.91. The van der Waals surface area contributed by atoms with Crippen molar-refractivity contribution in [2.45, 2.75) is 50.7 Å². The lowest BCUT2D eigenvalue weighted by Gasteiger charge is -2.40. The average molecular weight is 293 g/mol. The maximum Gasteiger partial charge on any atom is 0.410 e. The average Bonchev–Trinajstić information content (AvgIpc) is 3.12. The van der Waals surface area contributed by atoms with Crippen molar-refractivity contribution in [2.75, 3.05) is 19.7 Å². The van der Waals surface area contributed by atoms with Gasteiger partial charge in [0.1, 0.15) is 5.60 Å². The molecule has 1 unspecified atom stereocenters. The van der Waals surface area contributed by atoms with Crippen molar-refractivity contribution in [3.63, 3.8) is 0 Å². The number of carbonyl (C=O) groups excluding carboxylic acids is 1. The summed E-state index contributed by atoms with van der Waals surface area (Å²) in [6.45, 7) is 7.85. The van der Waals surface area contributed by atoms with Crippen LogP contribution in [0.5, 0.6) is 0 Å². The number of hydrogen-bond donors (Lipinski definition) is 1. The summed E-state index contributed by atoms with van der Waals surface area (Å²) in [5.41, 5.74) is 0.637. The number of nitrogens with one attached hydrogen (secondary N) is 1. The van der Waals surface area contributed by atoms with Gasteiger partial charge in [-0.15, -0.1) is 0 Å². The van der Waals surface area contributed by atoms with E-state index in [9.17, 15) is 4.79 Å². The molecule has 1 amide bonds. The topological polar surface area (TPSA) is 70.8 Å². The summed E-state index contributed by atoms with van der Waals surface area (Å²) >= 11 is 0. The Bertz CT molecular complexity index is 495. The fourth-order valence-corrected chi connectivity index (χ4v) is 3.08. The molecule has 3 heterocycles. The first-order valence-electron chi connectivity index (χ1n) is 7.50. The van der Waals surface area contributed by atoms with Crippen LogP contribution in [0.4, 0.5) is 4.79 Å². The minimum atomic E-state index is -0.450. The molecule has 1 aromatic heterocycles. The number of rotatable bonds is 2. The summed E-state index contributed by atoms with van der Waals surface area (Å²) in [6, 6.07) is 2.02. The minimum absolute atomic E-state index is 0.0327. The number of aromatic nitrogens is 2.